The molecule has 0 saturated carbocycles. The molecule has 1 fully saturated rings. The normalized spacial score (nSPS) is 15.8. The van der Waals surface area contributed by atoms with Crippen LogP contribution in [-0.4, -0.2) is 41.5 Å². The summed E-state index contributed by atoms with van der Waals surface area (Å²) in [6.07, 6.45) is 4.66. The number of rotatable bonds is 7. The van der Waals surface area contributed by atoms with E-state index in [-0.39, 0.29) is 12.6 Å². The van der Waals surface area contributed by atoms with Crippen molar-refractivity contribution >= 4 is 17.7 Å². The number of nitrogen functional groups attached to an aromatic ring is 1. The van der Waals surface area contributed by atoms with Crippen LogP contribution in [0.15, 0.2) is 72.0 Å². The number of amidine groups is 1. The molecule has 1 aliphatic rings. The standard InChI is InChI=1S/C25H27N5O3/c26-23(30-22(31)17-33-16-18-4-2-1-3-5-18)25(10-12-32-13-11-25)21-8-6-19(7-9-21)20-14-28-24(27)29-15-20/h1-9,14-15H,10-13,16-17H2,(H2,26,30,31)(H2,27,28,29). The van der Waals surface area contributed by atoms with Gasteiger partial charge in [-0.2, -0.15) is 4.99 Å². The number of hydrogen-bond donors (Lipinski definition) is 2. The summed E-state index contributed by atoms with van der Waals surface area (Å²) in [4.78, 5) is 24.8. The van der Waals surface area contributed by atoms with E-state index in [2.05, 4.69) is 15.0 Å². The van der Waals surface area contributed by atoms with Crippen molar-refractivity contribution in [3.05, 3.63) is 78.1 Å². The van der Waals surface area contributed by atoms with Gasteiger partial charge in [0.1, 0.15) is 12.4 Å². The van der Waals surface area contributed by atoms with Crippen LogP contribution < -0.4 is 11.5 Å². The Morgan fingerprint density at radius 3 is 2.33 bits per heavy atom. The third kappa shape index (κ3) is 5.42. The number of amides is 1. The second kappa shape index (κ2) is 10.3. The van der Waals surface area contributed by atoms with Crippen molar-refractivity contribution in [3.8, 4) is 11.1 Å². The molecule has 4 rings (SSSR count). The van der Waals surface area contributed by atoms with Crippen LogP contribution in [0, 0.1) is 0 Å². The van der Waals surface area contributed by atoms with Gasteiger partial charge in [-0.05, 0) is 29.5 Å². The first-order valence-corrected chi connectivity index (χ1v) is 10.8. The number of carbonyl (C=O) groups excluding carboxylic acids is 1. The van der Waals surface area contributed by atoms with Crippen LogP contribution in [0.2, 0.25) is 0 Å². The van der Waals surface area contributed by atoms with E-state index in [0.717, 1.165) is 22.3 Å². The van der Waals surface area contributed by atoms with Crippen molar-refractivity contribution in [3.63, 3.8) is 0 Å². The predicted octanol–water partition coefficient (Wildman–Crippen LogP) is 2.87. The summed E-state index contributed by atoms with van der Waals surface area (Å²) in [5.74, 6) is 0.130. The molecule has 33 heavy (non-hydrogen) atoms. The van der Waals surface area contributed by atoms with Crippen LogP contribution in [0.1, 0.15) is 24.0 Å². The molecular formula is C25H27N5O3. The average Bonchev–Trinajstić information content (AvgIpc) is 2.86. The Morgan fingerprint density at radius 2 is 1.67 bits per heavy atom. The zero-order valence-corrected chi connectivity index (χ0v) is 18.3. The van der Waals surface area contributed by atoms with E-state index in [4.69, 9.17) is 20.9 Å². The molecule has 3 aromatic rings. The number of anilines is 1. The zero-order chi connectivity index (χ0) is 23.1. The van der Waals surface area contributed by atoms with Gasteiger partial charge in [-0.25, -0.2) is 9.97 Å². The van der Waals surface area contributed by atoms with Crippen LogP contribution in [0.5, 0.6) is 0 Å². The van der Waals surface area contributed by atoms with Crippen LogP contribution in [0.25, 0.3) is 11.1 Å². The van der Waals surface area contributed by atoms with E-state index in [9.17, 15) is 4.79 Å². The first kappa shape index (κ1) is 22.6. The minimum absolute atomic E-state index is 0.127. The first-order chi connectivity index (χ1) is 16.1. The maximum absolute atomic E-state index is 12.5. The fourth-order valence-corrected chi connectivity index (χ4v) is 3.99. The van der Waals surface area contributed by atoms with Crippen molar-refractivity contribution in [2.45, 2.75) is 24.9 Å². The van der Waals surface area contributed by atoms with Crippen LogP contribution in [-0.2, 0) is 26.3 Å². The van der Waals surface area contributed by atoms with E-state index >= 15 is 0 Å². The summed E-state index contributed by atoms with van der Waals surface area (Å²) < 4.78 is 11.1. The van der Waals surface area contributed by atoms with Gasteiger partial charge in [0.05, 0.1) is 12.0 Å². The highest BCUT2D eigenvalue weighted by molar-refractivity contribution is 6.00. The second-order valence-corrected chi connectivity index (χ2v) is 7.97. The Kier molecular flexibility index (Phi) is 7.07. The van der Waals surface area contributed by atoms with E-state index in [1.165, 1.54) is 0 Å². The molecule has 170 valence electrons. The zero-order valence-electron chi connectivity index (χ0n) is 18.3. The van der Waals surface area contributed by atoms with Crippen molar-refractivity contribution in [1.82, 2.24) is 9.97 Å². The molecule has 4 N–H and O–H groups in total. The second-order valence-electron chi connectivity index (χ2n) is 7.97. The fourth-order valence-electron chi connectivity index (χ4n) is 3.99. The number of carbonyl (C=O) groups is 1. The number of ether oxygens (including phenoxy) is 2. The summed E-state index contributed by atoms with van der Waals surface area (Å²) in [6.45, 7) is 1.31. The summed E-state index contributed by atoms with van der Waals surface area (Å²) >= 11 is 0. The molecule has 2 heterocycles. The Bertz CT molecular complexity index is 1090. The molecule has 1 aliphatic heterocycles. The summed E-state index contributed by atoms with van der Waals surface area (Å²) in [5.41, 5.74) is 15.3. The number of nitrogens with two attached hydrogens (primary N) is 2. The third-order valence-corrected chi connectivity index (χ3v) is 5.86. The van der Waals surface area contributed by atoms with Gasteiger partial charge >= 0.3 is 0 Å². The first-order valence-electron chi connectivity index (χ1n) is 10.8. The van der Waals surface area contributed by atoms with E-state index < -0.39 is 11.3 Å². The van der Waals surface area contributed by atoms with Crippen molar-refractivity contribution < 1.29 is 14.3 Å². The highest BCUT2D eigenvalue weighted by Gasteiger charge is 2.39. The van der Waals surface area contributed by atoms with Gasteiger partial charge in [0.25, 0.3) is 5.91 Å². The number of aromatic nitrogens is 2. The topological polar surface area (TPSA) is 126 Å². The van der Waals surface area contributed by atoms with Gasteiger partial charge in [-0.3, -0.25) is 4.79 Å². The molecule has 2 aromatic carbocycles. The van der Waals surface area contributed by atoms with Gasteiger partial charge in [0.2, 0.25) is 5.95 Å². The molecule has 0 atom stereocenters. The largest absolute Gasteiger partial charge is 0.386 e. The molecule has 0 bridgehead atoms. The lowest BCUT2D eigenvalue weighted by molar-refractivity contribution is -0.122. The number of aliphatic imine (C=N–C) groups is 1. The predicted molar refractivity (Wildman–Crippen MR) is 126 cm³/mol. The molecule has 1 saturated heterocycles. The van der Waals surface area contributed by atoms with Crippen LogP contribution in [0.4, 0.5) is 5.95 Å². The van der Waals surface area contributed by atoms with Gasteiger partial charge in [0, 0.05) is 31.2 Å². The molecule has 0 spiro atoms. The van der Waals surface area contributed by atoms with Crippen LogP contribution in [0.3, 0.4) is 0 Å². The van der Waals surface area contributed by atoms with Crippen molar-refractivity contribution in [2.24, 2.45) is 10.7 Å². The highest BCUT2D eigenvalue weighted by Crippen LogP contribution is 2.36. The molecule has 0 aliphatic carbocycles. The Morgan fingerprint density at radius 1 is 1.00 bits per heavy atom. The van der Waals surface area contributed by atoms with Gasteiger partial charge < -0.3 is 20.9 Å². The Labute approximate surface area is 192 Å². The lowest BCUT2D eigenvalue weighted by atomic mass is 9.73. The molecule has 0 radical (unpaired) electrons. The highest BCUT2D eigenvalue weighted by atomic mass is 16.5. The molecule has 8 nitrogen and oxygen atoms in total. The van der Waals surface area contributed by atoms with E-state index in [1.807, 2.05) is 54.6 Å². The van der Waals surface area contributed by atoms with Crippen molar-refractivity contribution in [2.75, 3.05) is 25.6 Å². The van der Waals surface area contributed by atoms with E-state index in [1.54, 1.807) is 12.4 Å². The molecule has 0 unspecified atom stereocenters. The lowest BCUT2D eigenvalue weighted by Crippen LogP contribution is -2.46. The minimum atomic E-state index is -0.566. The Balaban J connectivity index is 1.50. The minimum Gasteiger partial charge on any atom is -0.386 e. The monoisotopic (exact) mass is 445 g/mol. The van der Waals surface area contributed by atoms with Gasteiger partial charge in [0.15, 0.2) is 0 Å². The maximum Gasteiger partial charge on any atom is 0.273 e. The smallest absolute Gasteiger partial charge is 0.273 e. The molecule has 8 heteroatoms. The molecular weight excluding hydrogens is 418 g/mol. The summed E-state index contributed by atoms with van der Waals surface area (Å²) in [6, 6.07) is 17.7. The van der Waals surface area contributed by atoms with E-state index in [0.29, 0.717) is 38.5 Å². The summed E-state index contributed by atoms with van der Waals surface area (Å²) in [7, 11) is 0. The van der Waals surface area contributed by atoms with Crippen molar-refractivity contribution in [1.29, 1.82) is 0 Å². The van der Waals surface area contributed by atoms with Crippen LogP contribution >= 0.6 is 0 Å². The third-order valence-electron chi connectivity index (χ3n) is 5.86. The van der Waals surface area contributed by atoms with Gasteiger partial charge in [-0.15, -0.1) is 0 Å². The fraction of sp³-hybridized carbons (Fsp3) is 0.280. The Hall–Kier alpha value is -3.62. The maximum atomic E-state index is 12.5. The average molecular weight is 446 g/mol. The quantitative estimate of drug-likeness (QED) is 0.423. The summed E-state index contributed by atoms with van der Waals surface area (Å²) in [5, 5.41) is 0. The number of benzene rings is 2. The number of hydrogen-bond acceptors (Lipinski definition) is 6. The number of nitrogens with zero attached hydrogens (tertiary/aromatic N) is 3. The SMILES string of the molecule is NC(=NC(=O)COCc1ccccc1)C1(c2ccc(-c3cnc(N)nc3)cc2)CCOCC1. The van der Waals surface area contributed by atoms with Gasteiger partial charge in [-0.1, -0.05) is 54.6 Å². The molecule has 1 amide bonds. The lowest BCUT2D eigenvalue weighted by Gasteiger charge is -2.37. The molecule has 1 aromatic heterocycles.